The van der Waals surface area contributed by atoms with Gasteiger partial charge in [0.15, 0.2) is 0 Å². The molecule has 72 valence electrons. The van der Waals surface area contributed by atoms with Gasteiger partial charge in [-0.2, -0.15) is 4.98 Å². The van der Waals surface area contributed by atoms with E-state index in [4.69, 9.17) is 10.3 Å². The molecule has 1 saturated heterocycles. The number of hydrogen-bond acceptors (Lipinski definition) is 5. The van der Waals surface area contributed by atoms with Gasteiger partial charge in [0.2, 0.25) is 5.89 Å². The maximum absolute atomic E-state index is 5.42. The quantitative estimate of drug-likeness (QED) is 0.701. The third-order valence-electron chi connectivity index (χ3n) is 2.70. The minimum atomic E-state index is -0.120. The Morgan fingerprint density at radius 2 is 2.54 bits per heavy atom. The maximum atomic E-state index is 5.42. The summed E-state index contributed by atoms with van der Waals surface area (Å²) in [5.41, 5.74) is 5.30. The van der Waals surface area contributed by atoms with Crippen molar-refractivity contribution in [2.75, 3.05) is 12.3 Å². The molecule has 2 heterocycles. The van der Waals surface area contributed by atoms with Gasteiger partial charge in [-0.3, -0.25) is 0 Å². The average Bonchev–Trinajstić information content (AvgIpc) is 2.73. The van der Waals surface area contributed by atoms with E-state index in [2.05, 4.69) is 22.4 Å². The number of nitrogens with one attached hydrogen (secondary N) is 1. The van der Waals surface area contributed by atoms with Crippen LogP contribution in [0.15, 0.2) is 4.52 Å². The number of nitrogens with zero attached hydrogens (tertiary/aromatic N) is 2. The SMILES string of the molecule is CCC1(c2nc(N)no2)CCCN1. The van der Waals surface area contributed by atoms with Gasteiger partial charge in [0.1, 0.15) is 0 Å². The van der Waals surface area contributed by atoms with Crippen LogP contribution in [0.2, 0.25) is 0 Å². The monoisotopic (exact) mass is 182 g/mol. The fourth-order valence-corrected chi connectivity index (χ4v) is 1.87. The molecular formula is C8H14N4O. The molecule has 0 aliphatic carbocycles. The molecule has 1 aliphatic heterocycles. The zero-order chi connectivity index (χ0) is 9.31. The summed E-state index contributed by atoms with van der Waals surface area (Å²) in [7, 11) is 0. The first-order valence-electron chi connectivity index (χ1n) is 4.61. The van der Waals surface area contributed by atoms with Crippen molar-refractivity contribution in [2.24, 2.45) is 0 Å². The molecule has 1 atom stereocenters. The van der Waals surface area contributed by atoms with Crippen LogP contribution in [0.25, 0.3) is 0 Å². The van der Waals surface area contributed by atoms with Gasteiger partial charge in [-0.15, -0.1) is 0 Å². The van der Waals surface area contributed by atoms with Gasteiger partial charge in [0, 0.05) is 0 Å². The molecule has 1 aromatic heterocycles. The summed E-state index contributed by atoms with van der Waals surface area (Å²) in [5, 5.41) is 7.00. The van der Waals surface area contributed by atoms with Crippen molar-refractivity contribution in [3.63, 3.8) is 0 Å². The minimum Gasteiger partial charge on any atom is -0.365 e. The molecule has 1 aliphatic rings. The van der Waals surface area contributed by atoms with Crippen molar-refractivity contribution in [1.29, 1.82) is 0 Å². The van der Waals surface area contributed by atoms with E-state index in [-0.39, 0.29) is 11.5 Å². The van der Waals surface area contributed by atoms with Crippen LogP contribution < -0.4 is 11.1 Å². The van der Waals surface area contributed by atoms with Crippen molar-refractivity contribution in [2.45, 2.75) is 31.7 Å². The van der Waals surface area contributed by atoms with Crippen molar-refractivity contribution >= 4 is 5.95 Å². The molecule has 13 heavy (non-hydrogen) atoms. The Kier molecular flexibility index (Phi) is 1.95. The van der Waals surface area contributed by atoms with Crippen LogP contribution in [0.5, 0.6) is 0 Å². The van der Waals surface area contributed by atoms with Crippen LogP contribution in [0.1, 0.15) is 32.1 Å². The topological polar surface area (TPSA) is 77.0 Å². The van der Waals surface area contributed by atoms with E-state index in [9.17, 15) is 0 Å². The van der Waals surface area contributed by atoms with Gasteiger partial charge in [0.05, 0.1) is 5.54 Å². The highest BCUT2D eigenvalue weighted by Crippen LogP contribution is 2.32. The first-order chi connectivity index (χ1) is 6.27. The Bertz CT molecular complexity index is 290. The number of hydrogen-bond donors (Lipinski definition) is 2. The largest absolute Gasteiger partial charge is 0.365 e. The fourth-order valence-electron chi connectivity index (χ4n) is 1.87. The summed E-state index contributed by atoms with van der Waals surface area (Å²) in [6.07, 6.45) is 3.15. The molecule has 0 radical (unpaired) electrons. The Balaban J connectivity index is 2.30. The van der Waals surface area contributed by atoms with Gasteiger partial charge in [0.25, 0.3) is 5.95 Å². The molecular weight excluding hydrogens is 168 g/mol. The molecule has 1 aromatic rings. The van der Waals surface area contributed by atoms with Crippen LogP contribution >= 0.6 is 0 Å². The lowest BCUT2D eigenvalue weighted by atomic mass is 9.94. The van der Waals surface area contributed by atoms with Crippen LogP contribution in [0.3, 0.4) is 0 Å². The van der Waals surface area contributed by atoms with E-state index >= 15 is 0 Å². The molecule has 0 saturated carbocycles. The third kappa shape index (κ3) is 1.29. The minimum absolute atomic E-state index is 0.120. The molecule has 5 heteroatoms. The molecule has 0 amide bonds. The maximum Gasteiger partial charge on any atom is 0.260 e. The van der Waals surface area contributed by atoms with Crippen LogP contribution in [-0.2, 0) is 5.54 Å². The number of rotatable bonds is 2. The third-order valence-corrected chi connectivity index (χ3v) is 2.70. The Morgan fingerprint density at radius 3 is 3.00 bits per heavy atom. The first-order valence-corrected chi connectivity index (χ1v) is 4.61. The summed E-state index contributed by atoms with van der Waals surface area (Å²) in [5.74, 6) is 0.849. The van der Waals surface area contributed by atoms with Crippen molar-refractivity contribution in [3.05, 3.63) is 5.89 Å². The summed E-state index contributed by atoms with van der Waals surface area (Å²) in [6.45, 7) is 3.12. The molecule has 2 rings (SSSR count). The standard InChI is InChI=1S/C8H14N4O/c1-2-8(4-3-5-10-8)6-11-7(9)12-13-6/h10H,2-5H2,1H3,(H2,9,12). The van der Waals surface area contributed by atoms with Crippen LogP contribution in [0, 0.1) is 0 Å². The van der Waals surface area contributed by atoms with Gasteiger partial charge in [-0.25, -0.2) is 0 Å². The zero-order valence-electron chi connectivity index (χ0n) is 7.71. The second-order valence-electron chi connectivity index (χ2n) is 3.42. The number of nitrogens with two attached hydrogens (primary N) is 1. The molecule has 1 fully saturated rings. The number of anilines is 1. The smallest absolute Gasteiger partial charge is 0.260 e. The summed E-state index contributed by atoms with van der Waals surface area (Å²) < 4.78 is 5.09. The van der Waals surface area contributed by atoms with Gasteiger partial charge in [-0.1, -0.05) is 6.92 Å². The van der Waals surface area contributed by atoms with E-state index in [0.29, 0.717) is 5.89 Å². The van der Waals surface area contributed by atoms with E-state index in [1.165, 1.54) is 0 Å². The average molecular weight is 182 g/mol. The first kappa shape index (κ1) is 8.50. The van der Waals surface area contributed by atoms with Gasteiger partial charge >= 0.3 is 0 Å². The molecule has 3 N–H and O–H groups in total. The van der Waals surface area contributed by atoms with E-state index in [1.54, 1.807) is 0 Å². The van der Waals surface area contributed by atoms with Crippen molar-refractivity contribution in [3.8, 4) is 0 Å². The Hall–Kier alpha value is -1.10. The van der Waals surface area contributed by atoms with Gasteiger partial charge < -0.3 is 15.6 Å². The second kappa shape index (κ2) is 2.99. The van der Waals surface area contributed by atoms with E-state index < -0.39 is 0 Å². The van der Waals surface area contributed by atoms with Crippen molar-refractivity contribution in [1.82, 2.24) is 15.5 Å². The predicted molar refractivity (Wildman–Crippen MR) is 47.9 cm³/mol. The highest BCUT2D eigenvalue weighted by Gasteiger charge is 2.38. The molecule has 0 aromatic carbocycles. The van der Waals surface area contributed by atoms with Crippen molar-refractivity contribution < 1.29 is 4.52 Å². The number of nitrogen functional groups attached to an aromatic ring is 1. The zero-order valence-corrected chi connectivity index (χ0v) is 7.71. The van der Waals surface area contributed by atoms with Crippen LogP contribution in [-0.4, -0.2) is 16.7 Å². The summed E-state index contributed by atoms with van der Waals surface area (Å²) in [6, 6.07) is 0. The van der Waals surface area contributed by atoms with E-state index in [0.717, 1.165) is 25.8 Å². The summed E-state index contributed by atoms with van der Waals surface area (Å²) in [4.78, 5) is 4.07. The molecule has 0 bridgehead atoms. The Labute approximate surface area is 76.7 Å². The highest BCUT2D eigenvalue weighted by atomic mass is 16.5. The Morgan fingerprint density at radius 1 is 1.69 bits per heavy atom. The fraction of sp³-hybridized carbons (Fsp3) is 0.750. The highest BCUT2D eigenvalue weighted by molar-refractivity contribution is 5.15. The lowest BCUT2D eigenvalue weighted by Crippen LogP contribution is -2.36. The molecule has 5 nitrogen and oxygen atoms in total. The molecule has 0 spiro atoms. The number of aromatic nitrogens is 2. The lowest BCUT2D eigenvalue weighted by molar-refractivity contribution is 0.250. The second-order valence-corrected chi connectivity index (χ2v) is 3.42. The normalized spacial score (nSPS) is 28.1. The lowest BCUT2D eigenvalue weighted by Gasteiger charge is -2.22. The van der Waals surface area contributed by atoms with E-state index in [1.807, 2.05) is 0 Å². The summed E-state index contributed by atoms with van der Waals surface area (Å²) >= 11 is 0. The molecule has 1 unspecified atom stereocenters. The van der Waals surface area contributed by atoms with Gasteiger partial charge in [-0.05, 0) is 31.0 Å². The van der Waals surface area contributed by atoms with Crippen LogP contribution in [0.4, 0.5) is 5.95 Å². The predicted octanol–water partition coefficient (Wildman–Crippen LogP) is 0.640.